The van der Waals surface area contributed by atoms with Crippen LogP contribution in [-0.4, -0.2) is 29.9 Å². The number of hydrogen-bond acceptors (Lipinski definition) is 8. The molecule has 0 spiro atoms. The van der Waals surface area contributed by atoms with Crippen molar-refractivity contribution in [3.63, 3.8) is 0 Å². The standard InChI is InChI=1S/C48H28N6OS/c1-4-15-29(16-5-1)43-49-44(30-17-6-2-7-18-30)53-48(52-43)37-26-13-23-34-40-35(24-14-28-39(40)56-42(34)37)46-50-45(31-19-8-3-9-20-31)51-47(54-46)36-25-12-22-33-32-21-10-11-27-38(32)55-41(33)36/h1-28H. The molecule has 8 heteroatoms. The Balaban J connectivity index is 1.13. The summed E-state index contributed by atoms with van der Waals surface area (Å²) in [6.45, 7) is 0. The lowest BCUT2D eigenvalue weighted by Gasteiger charge is -2.10. The van der Waals surface area contributed by atoms with Crippen molar-refractivity contribution in [2.24, 2.45) is 0 Å². The van der Waals surface area contributed by atoms with E-state index >= 15 is 0 Å². The first-order chi connectivity index (χ1) is 27.7. The minimum absolute atomic E-state index is 0.544. The number of fused-ring (bicyclic) bond motifs is 6. The van der Waals surface area contributed by atoms with Crippen LogP contribution in [0.15, 0.2) is 174 Å². The number of benzene rings is 7. The molecule has 7 nitrogen and oxygen atoms in total. The van der Waals surface area contributed by atoms with Crippen molar-refractivity contribution in [1.82, 2.24) is 29.9 Å². The van der Waals surface area contributed by atoms with Crippen molar-refractivity contribution in [2.45, 2.75) is 0 Å². The van der Waals surface area contributed by atoms with Crippen LogP contribution in [0.4, 0.5) is 0 Å². The van der Waals surface area contributed by atoms with Crippen LogP contribution in [0.5, 0.6) is 0 Å². The van der Waals surface area contributed by atoms with Gasteiger partial charge in [0.2, 0.25) is 0 Å². The second-order valence-corrected chi connectivity index (χ2v) is 14.5. The van der Waals surface area contributed by atoms with E-state index in [0.29, 0.717) is 34.9 Å². The molecular weight excluding hydrogens is 709 g/mol. The first-order valence-corrected chi connectivity index (χ1v) is 19.1. The van der Waals surface area contributed by atoms with Crippen LogP contribution in [0.25, 0.3) is 110 Å². The number of para-hydroxylation sites is 2. The van der Waals surface area contributed by atoms with Gasteiger partial charge in [0.1, 0.15) is 11.2 Å². The van der Waals surface area contributed by atoms with Crippen LogP contribution in [-0.2, 0) is 0 Å². The molecule has 4 heterocycles. The second-order valence-electron chi connectivity index (χ2n) is 13.5. The van der Waals surface area contributed by atoms with Crippen molar-refractivity contribution in [1.29, 1.82) is 0 Å². The van der Waals surface area contributed by atoms with Crippen molar-refractivity contribution >= 4 is 53.4 Å². The highest BCUT2D eigenvalue weighted by atomic mass is 32.1. The number of hydrogen-bond donors (Lipinski definition) is 0. The molecule has 0 aliphatic rings. The Bertz CT molecular complexity index is 3200. The summed E-state index contributed by atoms with van der Waals surface area (Å²) in [4.78, 5) is 30.5. The van der Waals surface area contributed by atoms with Gasteiger partial charge in [0, 0.05) is 58.8 Å². The highest BCUT2D eigenvalue weighted by Gasteiger charge is 2.22. The highest BCUT2D eigenvalue weighted by molar-refractivity contribution is 7.26. The van der Waals surface area contributed by atoms with E-state index in [0.717, 1.165) is 75.5 Å². The summed E-state index contributed by atoms with van der Waals surface area (Å²) >= 11 is 1.71. The first kappa shape index (κ1) is 32.0. The molecule has 11 rings (SSSR count). The third-order valence-electron chi connectivity index (χ3n) is 10.0. The number of thiophene rings is 1. The molecular formula is C48H28N6OS. The Hall–Kier alpha value is -7.42. The van der Waals surface area contributed by atoms with Gasteiger partial charge in [-0.1, -0.05) is 146 Å². The quantitative estimate of drug-likeness (QED) is 0.168. The summed E-state index contributed by atoms with van der Waals surface area (Å²) in [7, 11) is 0. The average Bonchev–Trinajstić information content (AvgIpc) is 3.86. The smallest absolute Gasteiger partial charge is 0.167 e. The Labute approximate surface area is 324 Å². The van der Waals surface area contributed by atoms with Gasteiger partial charge in [-0.2, -0.15) is 0 Å². The first-order valence-electron chi connectivity index (χ1n) is 18.3. The molecule has 262 valence electrons. The molecule has 0 N–H and O–H groups in total. The third kappa shape index (κ3) is 5.42. The topological polar surface area (TPSA) is 90.5 Å². The Kier molecular flexibility index (Phi) is 7.53. The van der Waals surface area contributed by atoms with Crippen molar-refractivity contribution in [3.05, 3.63) is 170 Å². The van der Waals surface area contributed by atoms with Gasteiger partial charge < -0.3 is 4.42 Å². The van der Waals surface area contributed by atoms with E-state index in [4.69, 9.17) is 34.3 Å². The zero-order chi connectivity index (χ0) is 37.0. The molecule has 4 aromatic heterocycles. The molecule has 0 amide bonds. The van der Waals surface area contributed by atoms with E-state index in [1.165, 1.54) is 0 Å². The molecule has 0 unspecified atom stereocenters. The zero-order valence-electron chi connectivity index (χ0n) is 29.7. The normalized spacial score (nSPS) is 11.6. The van der Waals surface area contributed by atoms with Gasteiger partial charge in [-0.15, -0.1) is 11.3 Å². The minimum Gasteiger partial charge on any atom is -0.455 e. The van der Waals surface area contributed by atoms with Gasteiger partial charge in [0.15, 0.2) is 34.9 Å². The lowest BCUT2D eigenvalue weighted by molar-refractivity contribution is 0.669. The van der Waals surface area contributed by atoms with E-state index in [1.54, 1.807) is 11.3 Å². The van der Waals surface area contributed by atoms with Gasteiger partial charge in [0.05, 0.1) is 5.56 Å². The Morgan fingerprint density at radius 2 is 0.786 bits per heavy atom. The summed E-state index contributed by atoms with van der Waals surface area (Å²) in [5, 5.41) is 4.21. The van der Waals surface area contributed by atoms with Crippen LogP contribution in [0.1, 0.15) is 0 Å². The van der Waals surface area contributed by atoms with E-state index < -0.39 is 0 Å². The fourth-order valence-corrected chi connectivity index (χ4v) is 8.63. The van der Waals surface area contributed by atoms with Gasteiger partial charge in [-0.3, -0.25) is 0 Å². The summed E-state index contributed by atoms with van der Waals surface area (Å²) < 4.78 is 8.64. The predicted octanol–water partition coefficient (Wildman–Crippen LogP) is 12.3. The molecule has 0 radical (unpaired) electrons. The maximum absolute atomic E-state index is 6.46. The van der Waals surface area contributed by atoms with Crippen molar-refractivity contribution in [2.75, 3.05) is 0 Å². The van der Waals surface area contributed by atoms with Crippen LogP contribution in [0, 0.1) is 0 Å². The second kappa shape index (κ2) is 13.2. The summed E-state index contributed by atoms with van der Waals surface area (Å²) in [5.74, 6) is 3.57. The predicted molar refractivity (Wildman–Crippen MR) is 226 cm³/mol. The fraction of sp³-hybridized carbons (Fsp3) is 0. The molecule has 0 aliphatic carbocycles. The average molecular weight is 737 g/mol. The summed E-state index contributed by atoms with van der Waals surface area (Å²) in [5.41, 5.74) is 6.98. The molecule has 56 heavy (non-hydrogen) atoms. The SMILES string of the molecule is c1ccc(-c2nc(-c3ccccc3)nc(-c3cccc4c3sc3cccc(-c5nc(-c6ccccc6)nc(-c6cccc7c6oc6ccccc67)n5)c34)n2)cc1. The van der Waals surface area contributed by atoms with E-state index in [-0.39, 0.29) is 0 Å². The Morgan fingerprint density at radius 3 is 1.43 bits per heavy atom. The van der Waals surface area contributed by atoms with Gasteiger partial charge in [0.25, 0.3) is 0 Å². The molecule has 0 bridgehead atoms. The van der Waals surface area contributed by atoms with E-state index in [9.17, 15) is 0 Å². The molecule has 0 saturated carbocycles. The minimum atomic E-state index is 0.544. The largest absolute Gasteiger partial charge is 0.455 e. The van der Waals surface area contributed by atoms with Gasteiger partial charge in [-0.25, -0.2) is 29.9 Å². The number of aromatic nitrogens is 6. The van der Waals surface area contributed by atoms with E-state index in [1.807, 2.05) is 121 Å². The summed E-state index contributed by atoms with van der Waals surface area (Å²) in [6, 6.07) is 57.1. The van der Waals surface area contributed by atoms with E-state index in [2.05, 4.69) is 48.5 Å². The van der Waals surface area contributed by atoms with Gasteiger partial charge in [-0.05, 0) is 24.3 Å². The molecule has 11 aromatic rings. The number of nitrogens with zero attached hydrogens (tertiary/aromatic N) is 6. The molecule has 7 aromatic carbocycles. The number of furan rings is 1. The van der Waals surface area contributed by atoms with Crippen LogP contribution < -0.4 is 0 Å². The zero-order valence-corrected chi connectivity index (χ0v) is 30.5. The fourth-order valence-electron chi connectivity index (χ4n) is 7.40. The van der Waals surface area contributed by atoms with Gasteiger partial charge >= 0.3 is 0 Å². The lowest BCUT2D eigenvalue weighted by atomic mass is 10.0. The maximum atomic E-state index is 6.46. The maximum Gasteiger partial charge on any atom is 0.167 e. The molecule has 0 saturated heterocycles. The molecule has 0 aliphatic heterocycles. The van der Waals surface area contributed by atoms with Crippen molar-refractivity contribution in [3.8, 4) is 68.3 Å². The van der Waals surface area contributed by atoms with Crippen LogP contribution >= 0.6 is 11.3 Å². The Morgan fingerprint density at radius 1 is 0.339 bits per heavy atom. The third-order valence-corrected chi connectivity index (χ3v) is 11.2. The van der Waals surface area contributed by atoms with Crippen molar-refractivity contribution < 1.29 is 4.42 Å². The number of rotatable bonds is 6. The van der Waals surface area contributed by atoms with Crippen LogP contribution in [0.3, 0.4) is 0 Å². The highest BCUT2D eigenvalue weighted by Crippen LogP contribution is 2.44. The molecule has 0 atom stereocenters. The lowest BCUT2D eigenvalue weighted by Crippen LogP contribution is -2.00. The monoisotopic (exact) mass is 736 g/mol. The molecule has 0 fully saturated rings. The van der Waals surface area contributed by atoms with Crippen LogP contribution in [0.2, 0.25) is 0 Å². The summed E-state index contributed by atoms with van der Waals surface area (Å²) in [6.07, 6.45) is 0.